The highest BCUT2D eigenvalue weighted by molar-refractivity contribution is 7.47. The minimum Gasteiger partial charge on any atom is -0.462 e. The average molecular weight is 979 g/mol. The fourth-order valence-electron chi connectivity index (χ4n) is 7.29. The monoisotopic (exact) mass is 979 g/mol. The molecule has 3 atom stereocenters. The smallest absolute Gasteiger partial charge is 0.462 e. The number of allylic oxidation sites excluding steroid dienone is 10. The van der Waals surface area contributed by atoms with Crippen LogP contribution in [0.4, 0.5) is 0 Å². The Morgan fingerprint density at radius 3 is 1.24 bits per heavy atom. The van der Waals surface area contributed by atoms with Gasteiger partial charge < -0.3 is 24.2 Å². The molecule has 0 radical (unpaired) electrons. The molecule has 3 unspecified atom stereocenters. The molecule has 0 heterocycles. The second kappa shape index (κ2) is 50.6. The van der Waals surface area contributed by atoms with Crippen molar-refractivity contribution in [2.75, 3.05) is 26.4 Å². The van der Waals surface area contributed by atoms with Gasteiger partial charge in [-0.1, -0.05) is 204 Å². The number of esters is 3. The minimum absolute atomic E-state index is 0.147. The van der Waals surface area contributed by atoms with Crippen molar-refractivity contribution in [3.63, 3.8) is 0 Å². The van der Waals surface area contributed by atoms with Crippen LogP contribution in [0.1, 0.15) is 239 Å². The lowest BCUT2D eigenvalue weighted by Gasteiger charge is -2.21. The lowest BCUT2D eigenvalue weighted by molar-refractivity contribution is -0.161. The summed E-state index contributed by atoms with van der Waals surface area (Å²) in [5.41, 5.74) is 0. The van der Waals surface area contributed by atoms with Crippen molar-refractivity contribution >= 4 is 25.7 Å². The van der Waals surface area contributed by atoms with Crippen LogP contribution in [0.5, 0.6) is 0 Å². The Labute approximate surface area is 415 Å². The molecule has 394 valence electrons. The zero-order valence-electron chi connectivity index (χ0n) is 43.3. The van der Waals surface area contributed by atoms with E-state index in [2.05, 4.69) is 81.5 Å². The zero-order valence-corrected chi connectivity index (χ0v) is 44.2. The first-order valence-electron chi connectivity index (χ1n) is 27.2. The third-order valence-electron chi connectivity index (χ3n) is 11.4. The van der Waals surface area contributed by atoms with Crippen molar-refractivity contribution in [1.29, 1.82) is 0 Å². The number of phosphoric ester groups is 1. The van der Waals surface area contributed by atoms with Gasteiger partial charge in [-0.25, -0.2) is 4.57 Å². The number of phosphoric acid groups is 1. The zero-order chi connectivity index (χ0) is 49.9. The highest BCUT2D eigenvalue weighted by atomic mass is 31.2. The van der Waals surface area contributed by atoms with Crippen LogP contribution < -0.4 is 0 Å². The summed E-state index contributed by atoms with van der Waals surface area (Å²) in [6, 6.07) is 0. The topological polar surface area (TPSA) is 155 Å². The van der Waals surface area contributed by atoms with Gasteiger partial charge in [0.1, 0.15) is 12.7 Å². The fourth-order valence-corrected chi connectivity index (χ4v) is 8.07. The number of hydrogen-bond acceptors (Lipinski definition) is 10. The highest BCUT2D eigenvalue weighted by Gasteiger charge is 2.28. The van der Waals surface area contributed by atoms with Gasteiger partial charge in [0.2, 0.25) is 0 Å². The summed E-state index contributed by atoms with van der Waals surface area (Å²) in [5, 5.41) is 9.79. The van der Waals surface area contributed by atoms with Gasteiger partial charge >= 0.3 is 25.7 Å². The van der Waals surface area contributed by atoms with Crippen LogP contribution in [0.15, 0.2) is 60.8 Å². The number of unbranched alkanes of at least 4 members (excludes halogenated alkanes) is 23. The van der Waals surface area contributed by atoms with Gasteiger partial charge in [0.15, 0.2) is 6.10 Å². The summed E-state index contributed by atoms with van der Waals surface area (Å²) in [6.07, 6.45) is 53.2. The SMILES string of the molecule is CC/C=C\C/C=C\C/C=C\CCCCCCCC(=O)OCC(COP(=O)(O)OCC(CO)OC(=O)CCCCCCCCCCCCCCC)OC(=O)CCCCCCC/C=C\C/C=C\CCC. The maximum absolute atomic E-state index is 12.9. The first kappa shape index (κ1) is 65.2. The lowest BCUT2D eigenvalue weighted by Crippen LogP contribution is -2.30. The van der Waals surface area contributed by atoms with Gasteiger partial charge in [-0.2, -0.15) is 0 Å². The van der Waals surface area contributed by atoms with Gasteiger partial charge in [0.05, 0.1) is 19.8 Å². The second-order valence-corrected chi connectivity index (χ2v) is 19.5. The molecular formula is C56H99O11P. The van der Waals surface area contributed by atoms with E-state index < -0.39 is 57.8 Å². The van der Waals surface area contributed by atoms with E-state index >= 15 is 0 Å². The molecule has 11 nitrogen and oxygen atoms in total. The van der Waals surface area contributed by atoms with E-state index in [9.17, 15) is 28.9 Å². The van der Waals surface area contributed by atoms with Crippen LogP contribution in [0.25, 0.3) is 0 Å². The van der Waals surface area contributed by atoms with Gasteiger partial charge in [-0.15, -0.1) is 0 Å². The molecule has 0 aromatic rings. The van der Waals surface area contributed by atoms with Crippen LogP contribution in [-0.2, 0) is 42.2 Å². The van der Waals surface area contributed by atoms with Crippen molar-refractivity contribution in [2.24, 2.45) is 0 Å². The molecule has 0 saturated heterocycles. The standard InChI is InChI=1S/C56H99O11P/c1-4-7-10-13-16-19-22-25-26-29-30-33-36-39-42-45-54(58)63-49-53(67-56(60)47-44-41-38-35-32-28-24-21-18-15-12-9-6-3)51-65-68(61,62)64-50-52(48-57)66-55(59)46-43-40-37-34-31-27-23-20-17-14-11-8-5-2/h7,10,12,15-16,19,21,24-26,52-53,57H,4-6,8-9,11,13-14,17-18,20,22-23,27-51H2,1-3H3,(H,61,62)/b10-7-,15-12-,19-16-,24-21-,26-25-. The number of ether oxygens (including phenoxy) is 3. The molecule has 0 aliphatic rings. The number of aliphatic hydroxyl groups excluding tert-OH is 1. The molecule has 0 aliphatic carbocycles. The summed E-state index contributed by atoms with van der Waals surface area (Å²) in [5.74, 6) is -1.50. The Balaban J connectivity index is 4.75. The van der Waals surface area contributed by atoms with Gasteiger partial charge in [-0.3, -0.25) is 23.4 Å². The van der Waals surface area contributed by atoms with Crippen molar-refractivity contribution in [2.45, 2.75) is 251 Å². The van der Waals surface area contributed by atoms with Gasteiger partial charge in [-0.05, 0) is 77.0 Å². The van der Waals surface area contributed by atoms with Crippen LogP contribution >= 0.6 is 7.82 Å². The second-order valence-electron chi connectivity index (χ2n) is 18.0. The van der Waals surface area contributed by atoms with E-state index in [1.807, 2.05) is 0 Å². The number of hydrogen-bond donors (Lipinski definition) is 2. The number of aliphatic hydroxyl groups is 1. The average Bonchev–Trinajstić information content (AvgIpc) is 3.32. The quantitative estimate of drug-likeness (QED) is 0.0197. The molecule has 0 spiro atoms. The molecule has 0 aliphatic heterocycles. The number of rotatable bonds is 50. The largest absolute Gasteiger partial charge is 0.472 e. The van der Waals surface area contributed by atoms with Gasteiger partial charge in [0, 0.05) is 19.3 Å². The molecule has 0 aromatic heterocycles. The Morgan fingerprint density at radius 2 is 0.794 bits per heavy atom. The van der Waals surface area contributed by atoms with Crippen LogP contribution in [0.3, 0.4) is 0 Å². The molecule has 12 heteroatoms. The number of carbonyl (C=O) groups excluding carboxylic acids is 3. The Bertz CT molecular complexity index is 1370. The molecule has 0 bridgehead atoms. The van der Waals surface area contributed by atoms with E-state index in [4.69, 9.17) is 23.3 Å². The highest BCUT2D eigenvalue weighted by Crippen LogP contribution is 2.43. The fraction of sp³-hybridized carbons (Fsp3) is 0.768. The minimum atomic E-state index is -4.75. The summed E-state index contributed by atoms with van der Waals surface area (Å²) in [7, 11) is -4.75. The summed E-state index contributed by atoms with van der Waals surface area (Å²) < 4.78 is 39.4. The van der Waals surface area contributed by atoms with Crippen LogP contribution in [0, 0.1) is 0 Å². The van der Waals surface area contributed by atoms with Crippen molar-refractivity contribution in [1.82, 2.24) is 0 Å². The van der Waals surface area contributed by atoms with Crippen LogP contribution in [-0.4, -0.2) is 66.5 Å². The van der Waals surface area contributed by atoms with E-state index in [-0.39, 0.29) is 25.9 Å². The van der Waals surface area contributed by atoms with Gasteiger partial charge in [0.25, 0.3) is 0 Å². The molecule has 0 fully saturated rings. The lowest BCUT2D eigenvalue weighted by atomic mass is 10.0. The van der Waals surface area contributed by atoms with Crippen molar-refractivity contribution in [3.05, 3.63) is 60.8 Å². The predicted octanol–water partition coefficient (Wildman–Crippen LogP) is 15.6. The maximum atomic E-state index is 12.9. The normalized spacial score (nSPS) is 13.9. The third kappa shape index (κ3) is 48.2. The summed E-state index contributed by atoms with van der Waals surface area (Å²) in [6.45, 7) is 4.43. The maximum Gasteiger partial charge on any atom is 0.472 e. The first-order chi connectivity index (χ1) is 33.2. The van der Waals surface area contributed by atoms with Crippen molar-refractivity contribution < 1.29 is 52.2 Å². The van der Waals surface area contributed by atoms with Crippen molar-refractivity contribution in [3.8, 4) is 0 Å². The summed E-state index contributed by atoms with van der Waals surface area (Å²) in [4.78, 5) is 48.4. The molecular weight excluding hydrogens is 880 g/mol. The molecule has 68 heavy (non-hydrogen) atoms. The van der Waals surface area contributed by atoms with E-state index in [0.29, 0.717) is 19.3 Å². The first-order valence-corrected chi connectivity index (χ1v) is 28.7. The Morgan fingerprint density at radius 1 is 0.426 bits per heavy atom. The predicted molar refractivity (Wildman–Crippen MR) is 279 cm³/mol. The molecule has 0 rings (SSSR count). The third-order valence-corrected chi connectivity index (χ3v) is 12.4. The molecule has 2 N–H and O–H groups in total. The molecule has 0 amide bonds. The van der Waals surface area contributed by atoms with E-state index in [0.717, 1.165) is 122 Å². The number of carbonyl (C=O) groups is 3. The van der Waals surface area contributed by atoms with E-state index in [1.165, 1.54) is 57.8 Å². The Hall–Kier alpha value is -2.82. The van der Waals surface area contributed by atoms with E-state index in [1.54, 1.807) is 0 Å². The Kier molecular flexibility index (Phi) is 48.5. The molecule has 0 aromatic carbocycles. The molecule has 0 saturated carbocycles. The van der Waals surface area contributed by atoms with Crippen LogP contribution in [0.2, 0.25) is 0 Å². The summed E-state index contributed by atoms with van der Waals surface area (Å²) >= 11 is 0.